The van der Waals surface area contributed by atoms with Gasteiger partial charge in [0, 0.05) is 19.6 Å². The van der Waals surface area contributed by atoms with Crippen molar-refractivity contribution in [2.75, 3.05) is 26.7 Å². The van der Waals surface area contributed by atoms with E-state index in [1.165, 1.54) is 4.31 Å². The van der Waals surface area contributed by atoms with Crippen LogP contribution in [0, 0.1) is 0 Å². The van der Waals surface area contributed by atoms with E-state index in [0.717, 1.165) is 32.4 Å². The molecule has 5 nitrogen and oxygen atoms in total. The van der Waals surface area contributed by atoms with Crippen LogP contribution >= 0.6 is 0 Å². The van der Waals surface area contributed by atoms with Gasteiger partial charge < -0.3 is 10.1 Å². The third-order valence-electron chi connectivity index (χ3n) is 3.54. The molecule has 1 fully saturated rings. The van der Waals surface area contributed by atoms with Crippen molar-refractivity contribution < 1.29 is 13.2 Å². The number of nitrogens with one attached hydrogen (secondary N) is 1. The summed E-state index contributed by atoms with van der Waals surface area (Å²) in [6, 6.07) is 6.84. The largest absolute Gasteiger partial charge is 0.492 e. The molecule has 1 aromatic carbocycles. The Hall–Kier alpha value is -1.11. The number of hydrogen-bond donors (Lipinski definition) is 1. The number of rotatable bonds is 9. The summed E-state index contributed by atoms with van der Waals surface area (Å²) in [6.45, 7) is 4.46. The molecule has 1 aliphatic rings. The molecule has 21 heavy (non-hydrogen) atoms. The maximum Gasteiger partial charge on any atom is 0.243 e. The lowest BCUT2D eigenvalue weighted by molar-refractivity contribution is 0.314. The first-order valence-electron chi connectivity index (χ1n) is 7.47. The van der Waals surface area contributed by atoms with Gasteiger partial charge in [0.1, 0.15) is 12.4 Å². The molecule has 0 unspecified atom stereocenters. The van der Waals surface area contributed by atoms with Crippen LogP contribution in [0.4, 0.5) is 0 Å². The molecule has 1 aliphatic carbocycles. The quantitative estimate of drug-likeness (QED) is 0.707. The van der Waals surface area contributed by atoms with Crippen LogP contribution in [0.3, 0.4) is 0 Å². The Labute approximate surface area is 127 Å². The summed E-state index contributed by atoms with van der Waals surface area (Å²) in [5.41, 5.74) is 0. The molecular weight excluding hydrogens is 288 g/mol. The van der Waals surface area contributed by atoms with Crippen molar-refractivity contribution in [2.24, 2.45) is 0 Å². The molecule has 0 amide bonds. The number of sulfonamides is 1. The lowest BCUT2D eigenvalue weighted by Gasteiger charge is -2.16. The molecule has 1 aromatic rings. The highest BCUT2D eigenvalue weighted by molar-refractivity contribution is 7.89. The highest BCUT2D eigenvalue weighted by atomic mass is 32.2. The van der Waals surface area contributed by atoms with Crippen LogP contribution in [-0.4, -0.2) is 45.5 Å². The fraction of sp³-hybridized carbons (Fsp3) is 0.600. The summed E-state index contributed by atoms with van der Waals surface area (Å²) in [7, 11) is -1.71. The second-order valence-electron chi connectivity index (χ2n) is 5.32. The van der Waals surface area contributed by atoms with E-state index < -0.39 is 10.0 Å². The molecule has 0 atom stereocenters. The van der Waals surface area contributed by atoms with Gasteiger partial charge in [-0.25, -0.2) is 8.42 Å². The normalized spacial score (nSPS) is 15.4. The topological polar surface area (TPSA) is 58.6 Å². The van der Waals surface area contributed by atoms with Crippen LogP contribution in [0.15, 0.2) is 29.2 Å². The average Bonchev–Trinajstić information content (AvgIpc) is 3.31. The first kappa shape index (κ1) is 16.3. The number of hydrogen-bond acceptors (Lipinski definition) is 4. The zero-order valence-corrected chi connectivity index (χ0v) is 13.5. The molecule has 1 N–H and O–H groups in total. The van der Waals surface area contributed by atoms with Crippen LogP contribution in [0.5, 0.6) is 5.75 Å². The predicted molar refractivity (Wildman–Crippen MR) is 83.1 cm³/mol. The second-order valence-corrected chi connectivity index (χ2v) is 7.32. The van der Waals surface area contributed by atoms with E-state index >= 15 is 0 Å². The van der Waals surface area contributed by atoms with E-state index in [0.29, 0.717) is 17.3 Å². The first-order valence-corrected chi connectivity index (χ1v) is 8.91. The van der Waals surface area contributed by atoms with Crippen molar-refractivity contribution in [1.82, 2.24) is 9.62 Å². The molecule has 1 saturated carbocycles. The smallest absolute Gasteiger partial charge is 0.243 e. The molecule has 0 saturated heterocycles. The summed E-state index contributed by atoms with van der Waals surface area (Å²) in [6.07, 6.45) is 3.02. The van der Waals surface area contributed by atoms with Gasteiger partial charge in [-0.1, -0.05) is 6.92 Å². The monoisotopic (exact) mass is 312 g/mol. The minimum absolute atomic E-state index is 0.176. The minimum atomic E-state index is -3.36. The Kier molecular flexibility index (Phi) is 5.61. The highest BCUT2D eigenvalue weighted by Gasteiger charge is 2.34. The molecule has 0 bridgehead atoms. The summed E-state index contributed by atoms with van der Waals surface area (Å²) < 4.78 is 31.7. The van der Waals surface area contributed by atoms with Gasteiger partial charge in [-0.2, -0.15) is 4.31 Å². The Balaban J connectivity index is 1.89. The highest BCUT2D eigenvalue weighted by Crippen LogP contribution is 2.30. The molecule has 0 aliphatic heterocycles. The SMILES string of the molecule is CCCNCCOc1ccc(S(=O)(=O)N(C)C2CC2)cc1. The fourth-order valence-electron chi connectivity index (χ4n) is 2.05. The Morgan fingerprint density at radius 2 is 1.90 bits per heavy atom. The van der Waals surface area contributed by atoms with E-state index in [-0.39, 0.29) is 6.04 Å². The third kappa shape index (κ3) is 4.43. The zero-order valence-electron chi connectivity index (χ0n) is 12.7. The molecule has 0 radical (unpaired) electrons. The van der Waals surface area contributed by atoms with Crippen molar-refractivity contribution >= 4 is 10.0 Å². The molecule has 0 heterocycles. The van der Waals surface area contributed by atoms with E-state index in [9.17, 15) is 8.42 Å². The summed E-state index contributed by atoms with van der Waals surface area (Å²) in [4.78, 5) is 0.327. The maximum absolute atomic E-state index is 12.3. The van der Waals surface area contributed by atoms with Crippen LogP contribution < -0.4 is 10.1 Å². The van der Waals surface area contributed by atoms with Crippen LogP contribution in [0.2, 0.25) is 0 Å². The molecule has 0 aromatic heterocycles. The van der Waals surface area contributed by atoms with Crippen molar-refractivity contribution in [2.45, 2.75) is 37.1 Å². The van der Waals surface area contributed by atoms with E-state index in [1.807, 2.05) is 0 Å². The van der Waals surface area contributed by atoms with E-state index in [4.69, 9.17) is 4.74 Å². The van der Waals surface area contributed by atoms with Crippen LogP contribution in [0.1, 0.15) is 26.2 Å². The summed E-state index contributed by atoms with van der Waals surface area (Å²) in [5, 5.41) is 3.25. The molecule has 118 valence electrons. The number of benzene rings is 1. The van der Waals surface area contributed by atoms with Gasteiger partial charge in [-0.3, -0.25) is 0 Å². The van der Waals surface area contributed by atoms with Gasteiger partial charge in [0.25, 0.3) is 0 Å². The van der Waals surface area contributed by atoms with Gasteiger partial charge in [-0.15, -0.1) is 0 Å². The number of ether oxygens (including phenoxy) is 1. The van der Waals surface area contributed by atoms with Gasteiger partial charge in [0.05, 0.1) is 4.90 Å². The van der Waals surface area contributed by atoms with Gasteiger partial charge in [0.15, 0.2) is 0 Å². The standard InChI is InChI=1S/C15H24N2O3S/c1-3-10-16-11-12-20-14-6-8-15(9-7-14)21(18,19)17(2)13-4-5-13/h6-9,13,16H,3-5,10-12H2,1-2H3. The van der Waals surface area contributed by atoms with Gasteiger partial charge >= 0.3 is 0 Å². The minimum Gasteiger partial charge on any atom is -0.492 e. The third-order valence-corrected chi connectivity index (χ3v) is 5.46. The van der Waals surface area contributed by atoms with Crippen molar-refractivity contribution in [3.63, 3.8) is 0 Å². The summed E-state index contributed by atoms with van der Waals surface area (Å²) >= 11 is 0. The summed E-state index contributed by atoms with van der Waals surface area (Å²) in [5.74, 6) is 0.696. The first-order chi connectivity index (χ1) is 10.1. The van der Waals surface area contributed by atoms with Crippen molar-refractivity contribution in [3.8, 4) is 5.75 Å². The fourth-order valence-corrected chi connectivity index (χ4v) is 3.47. The molecule has 0 spiro atoms. The van der Waals surface area contributed by atoms with Gasteiger partial charge in [-0.05, 0) is 50.1 Å². The van der Waals surface area contributed by atoms with Crippen molar-refractivity contribution in [1.29, 1.82) is 0 Å². The Morgan fingerprint density at radius 1 is 1.24 bits per heavy atom. The van der Waals surface area contributed by atoms with Crippen LogP contribution in [-0.2, 0) is 10.0 Å². The van der Waals surface area contributed by atoms with Gasteiger partial charge in [0.2, 0.25) is 10.0 Å². The zero-order chi connectivity index (χ0) is 15.3. The molecule has 6 heteroatoms. The lowest BCUT2D eigenvalue weighted by Crippen LogP contribution is -2.28. The second kappa shape index (κ2) is 7.24. The average molecular weight is 312 g/mol. The maximum atomic E-state index is 12.3. The lowest BCUT2D eigenvalue weighted by atomic mass is 10.3. The molecular formula is C15H24N2O3S. The van der Waals surface area contributed by atoms with Crippen LogP contribution in [0.25, 0.3) is 0 Å². The molecule has 2 rings (SSSR count). The Morgan fingerprint density at radius 3 is 2.48 bits per heavy atom. The predicted octanol–water partition coefficient (Wildman–Crippen LogP) is 1.85. The van der Waals surface area contributed by atoms with Crippen molar-refractivity contribution in [3.05, 3.63) is 24.3 Å². The number of nitrogens with zero attached hydrogens (tertiary/aromatic N) is 1. The van der Waals surface area contributed by atoms with E-state index in [2.05, 4.69) is 12.2 Å². The van der Waals surface area contributed by atoms with E-state index in [1.54, 1.807) is 31.3 Å². The Bertz CT molecular complexity index is 539.